The SMILES string of the molecule is COC(=O)NC(=O)c1c(NC(=O)CCCSc2ccc(C)cc2)sc2c1CCC2. The summed E-state index contributed by atoms with van der Waals surface area (Å²) in [5.41, 5.74) is 2.56. The fraction of sp³-hybridized carbons (Fsp3) is 0.381. The van der Waals surface area contributed by atoms with Gasteiger partial charge in [0.15, 0.2) is 0 Å². The number of carbonyl (C=O) groups excluding carboxylic acids is 3. The molecule has 2 aromatic rings. The Hall–Kier alpha value is -2.32. The van der Waals surface area contributed by atoms with Gasteiger partial charge in [-0.05, 0) is 56.1 Å². The Bertz CT molecular complexity index is 906. The van der Waals surface area contributed by atoms with Crippen molar-refractivity contribution in [3.63, 3.8) is 0 Å². The van der Waals surface area contributed by atoms with Crippen LogP contribution in [0.5, 0.6) is 0 Å². The summed E-state index contributed by atoms with van der Waals surface area (Å²) in [6, 6.07) is 8.32. The molecule has 0 spiro atoms. The van der Waals surface area contributed by atoms with Gasteiger partial charge in [0.1, 0.15) is 5.00 Å². The molecule has 8 heteroatoms. The molecule has 154 valence electrons. The lowest BCUT2D eigenvalue weighted by Gasteiger charge is -2.08. The van der Waals surface area contributed by atoms with Crippen LogP contribution in [0.1, 0.15) is 45.6 Å². The lowest BCUT2D eigenvalue weighted by Crippen LogP contribution is -2.31. The number of aryl methyl sites for hydroxylation is 2. The largest absolute Gasteiger partial charge is 0.453 e. The van der Waals surface area contributed by atoms with E-state index in [2.05, 4.69) is 46.6 Å². The second-order valence-corrected chi connectivity index (χ2v) is 9.09. The zero-order valence-electron chi connectivity index (χ0n) is 16.5. The number of hydrogen-bond acceptors (Lipinski definition) is 6. The van der Waals surface area contributed by atoms with E-state index in [0.717, 1.165) is 41.9 Å². The molecule has 0 saturated carbocycles. The van der Waals surface area contributed by atoms with Gasteiger partial charge in [-0.2, -0.15) is 0 Å². The van der Waals surface area contributed by atoms with Crippen molar-refractivity contribution >= 4 is 46.0 Å². The number of amides is 3. The zero-order chi connectivity index (χ0) is 20.8. The summed E-state index contributed by atoms with van der Waals surface area (Å²) in [6.45, 7) is 2.05. The van der Waals surface area contributed by atoms with Gasteiger partial charge < -0.3 is 10.1 Å². The van der Waals surface area contributed by atoms with Gasteiger partial charge in [-0.15, -0.1) is 23.1 Å². The van der Waals surface area contributed by atoms with Crippen LogP contribution in [0, 0.1) is 6.92 Å². The fourth-order valence-electron chi connectivity index (χ4n) is 3.19. The molecule has 3 amide bonds. The van der Waals surface area contributed by atoms with E-state index >= 15 is 0 Å². The number of imide groups is 1. The Labute approximate surface area is 178 Å². The van der Waals surface area contributed by atoms with E-state index in [0.29, 0.717) is 17.0 Å². The number of ether oxygens (including phenoxy) is 1. The molecule has 0 aliphatic heterocycles. The second kappa shape index (κ2) is 9.93. The van der Waals surface area contributed by atoms with Crippen LogP contribution in [0.3, 0.4) is 0 Å². The highest BCUT2D eigenvalue weighted by molar-refractivity contribution is 7.99. The van der Waals surface area contributed by atoms with Crippen LogP contribution in [0.2, 0.25) is 0 Å². The Morgan fingerprint density at radius 3 is 2.66 bits per heavy atom. The fourth-order valence-corrected chi connectivity index (χ4v) is 5.34. The van der Waals surface area contributed by atoms with Crippen molar-refractivity contribution in [2.24, 2.45) is 0 Å². The molecular weight excluding hydrogens is 408 g/mol. The minimum Gasteiger partial charge on any atom is -0.453 e. The number of methoxy groups -OCH3 is 1. The van der Waals surface area contributed by atoms with Crippen LogP contribution in [-0.2, 0) is 22.4 Å². The van der Waals surface area contributed by atoms with Gasteiger partial charge in [-0.25, -0.2) is 4.79 Å². The number of benzene rings is 1. The molecule has 0 bridgehead atoms. The third-order valence-corrected chi connectivity index (χ3v) is 6.95. The predicted molar refractivity (Wildman–Crippen MR) is 116 cm³/mol. The molecule has 6 nitrogen and oxygen atoms in total. The van der Waals surface area contributed by atoms with Crippen molar-refractivity contribution in [3.8, 4) is 0 Å². The van der Waals surface area contributed by atoms with Crippen LogP contribution >= 0.6 is 23.1 Å². The molecular formula is C21H24N2O4S2. The molecule has 29 heavy (non-hydrogen) atoms. The Morgan fingerprint density at radius 2 is 1.93 bits per heavy atom. The van der Waals surface area contributed by atoms with Crippen LogP contribution < -0.4 is 10.6 Å². The molecule has 0 radical (unpaired) electrons. The van der Waals surface area contributed by atoms with Crippen LogP contribution in [0.4, 0.5) is 9.80 Å². The lowest BCUT2D eigenvalue weighted by molar-refractivity contribution is -0.116. The van der Waals surface area contributed by atoms with Crippen molar-refractivity contribution < 1.29 is 19.1 Å². The van der Waals surface area contributed by atoms with E-state index in [1.54, 1.807) is 11.8 Å². The van der Waals surface area contributed by atoms with Gasteiger partial charge in [-0.3, -0.25) is 14.9 Å². The first-order valence-corrected chi connectivity index (χ1v) is 11.3. The van der Waals surface area contributed by atoms with Crippen LogP contribution in [0.25, 0.3) is 0 Å². The van der Waals surface area contributed by atoms with E-state index in [-0.39, 0.29) is 5.91 Å². The summed E-state index contributed by atoms with van der Waals surface area (Å²) >= 11 is 3.15. The number of anilines is 1. The maximum absolute atomic E-state index is 12.5. The number of rotatable bonds is 7. The first-order valence-electron chi connectivity index (χ1n) is 9.51. The van der Waals surface area contributed by atoms with E-state index in [1.807, 2.05) is 0 Å². The average molecular weight is 433 g/mol. The maximum Gasteiger partial charge on any atom is 0.413 e. The standard InChI is InChI=1S/C21H24N2O4S2/c1-13-8-10-14(11-9-13)28-12-4-7-17(24)22-20-18(19(25)23-21(26)27-2)15-5-3-6-16(15)29-20/h8-11H,3-7,12H2,1-2H3,(H,22,24)(H,23,25,26). The normalized spacial score (nSPS) is 12.3. The molecule has 1 aliphatic carbocycles. The van der Waals surface area contributed by atoms with Gasteiger partial charge in [0.2, 0.25) is 5.91 Å². The summed E-state index contributed by atoms with van der Waals surface area (Å²) in [5, 5.41) is 5.60. The highest BCUT2D eigenvalue weighted by Crippen LogP contribution is 2.39. The monoisotopic (exact) mass is 432 g/mol. The molecule has 0 fully saturated rings. The van der Waals surface area contributed by atoms with Crippen molar-refractivity contribution in [1.29, 1.82) is 0 Å². The summed E-state index contributed by atoms with van der Waals surface area (Å²) in [7, 11) is 1.21. The minimum atomic E-state index is -0.807. The Morgan fingerprint density at radius 1 is 1.17 bits per heavy atom. The molecule has 0 atom stereocenters. The van der Waals surface area contributed by atoms with Gasteiger partial charge in [0, 0.05) is 16.2 Å². The molecule has 1 aromatic carbocycles. The summed E-state index contributed by atoms with van der Waals surface area (Å²) in [4.78, 5) is 38.6. The summed E-state index contributed by atoms with van der Waals surface area (Å²) in [6.07, 6.45) is 2.95. The molecule has 1 heterocycles. The molecule has 0 saturated heterocycles. The summed E-state index contributed by atoms with van der Waals surface area (Å²) in [5.74, 6) is 0.190. The predicted octanol–water partition coefficient (Wildman–Crippen LogP) is 4.55. The molecule has 2 N–H and O–H groups in total. The number of hydrogen-bond donors (Lipinski definition) is 2. The third-order valence-electron chi connectivity index (χ3n) is 4.64. The lowest BCUT2D eigenvalue weighted by atomic mass is 10.1. The maximum atomic E-state index is 12.5. The topological polar surface area (TPSA) is 84.5 Å². The quantitative estimate of drug-likeness (QED) is 0.495. The number of carbonyl (C=O) groups is 3. The Kier molecular flexibility index (Phi) is 7.33. The van der Waals surface area contributed by atoms with Crippen LogP contribution in [-0.4, -0.2) is 30.8 Å². The van der Waals surface area contributed by atoms with Crippen molar-refractivity contribution in [2.45, 2.75) is 43.9 Å². The third kappa shape index (κ3) is 5.61. The van der Waals surface area contributed by atoms with E-state index < -0.39 is 12.0 Å². The number of nitrogens with one attached hydrogen (secondary N) is 2. The highest BCUT2D eigenvalue weighted by atomic mass is 32.2. The first-order chi connectivity index (χ1) is 14.0. The molecule has 1 aromatic heterocycles. The van der Waals surface area contributed by atoms with Crippen molar-refractivity contribution in [1.82, 2.24) is 5.32 Å². The highest BCUT2D eigenvalue weighted by Gasteiger charge is 2.28. The van der Waals surface area contributed by atoms with Gasteiger partial charge >= 0.3 is 6.09 Å². The first kappa shape index (κ1) is 21.4. The number of fused-ring (bicyclic) bond motifs is 1. The molecule has 1 aliphatic rings. The van der Waals surface area contributed by atoms with Gasteiger partial charge in [-0.1, -0.05) is 17.7 Å². The van der Waals surface area contributed by atoms with Crippen molar-refractivity contribution in [2.75, 3.05) is 18.2 Å². The smallest absolute Gasteiger partial charge is 0.413 e. The van der Waals surface area contributed by atoms with E-state index in [9.17, 15) is 14.4 Å². The number of thioether (sulfide) groups is 1. The van der Waals surface area contributed by atoms with Gasteiger partial charge in [0.05, 0.1) is 12.7 Å². The molecule has 0 unspecified atom stereocenters. The van der Waals surface area contributed by atoms with E-state index in [4.69, 9.17) is 0 Å². The summed E-state index contributed by atoms with van der Waals surface area (Å²) < 4.78 is 4.51. The molecule has 3 rings (SSSR count). The van der Waals surface area contributed by atoms with E-state index in [1.165, 1.54) is 28.9 Å². The Balaban J connectivity index is 1.56. The number of thiophene rings is 1. The second-order valence-electron chi connectivity index (χ2n) is 6.82. The number of alkyl carbamates (subject to hydrolysis) is 1. The average Bonchev–Trinajstić information content (AvgIpc) is 3.27. The van der Waals surface area contributed by atoms with Gasteiger partial charge in [0.25, 0.3) is 5.91 Å². The van der Waals surface area contributed by atoms with Crippen molar-refractivity contribution in [3.05, 3.63) is 45.8 Å². The van der Waals surface area contributed by atoms with Crippen LogP contribution in [0.15, 0.2) is 29.2 Å². The zero-order valence-corrected chi connectivity index (χ0v) is 18.1. The minimum absolute atomic E-state index is 0.124.